The summed E-state index contributed by atoms with van der Waals surface area (Å²) in [4.78, 5) is 12.8. The zero-order chi connectivity index (χ0) is 49.2. The minimum absolute atomic E-state index is 0.0778. The molecule has 1 heterocycles. The Morgan fingerprint density at radius 2 is 0.853 bits per heavy atom. The molecule has 0 spiro atoms. The molecule has 0 aromatic heterocycles. The highest BCUT2D eigenvalue weighted by Gasteiger charge is 2.44. The van der Waals surface area contributed by atoms with Crippen LogP contribution in [-0.4, -0.2) is 89.6 Å². The normalized spacial score (nSPS) is 20.5. The van der Waals surface area contributed by atoms with Crippen LogP contribution in [0, 0.1) is 0 Å². The van der Waals surface area contributed by atoms with Crippen LogP contribution in [0.3, 0.4) is 0 Å². The Morgan fingerprint density at radius 1 is 0.471 bits per heavy atom. The lowest BCUT2D eigenvalue weighted by atomic mass is 9.99. The zero-order valence-corrected chi connectivity index (χ0v) is 41.8. The van der Waals surface area contributed by atoms with E-state index in [0.717, 1.165) is 116 Å². The number of carbonyl (C=O) groups is 1. The van der Waals surface area contributed by atoms with Crippen molar-refractivity contribution in [1.82, 2.24) is 0 Å². The van der Waals surface area contributed by atoms with Crippen LogP contribution in [0.1, 0.15) is 142 Å². The predicted molar refractivity (Wildman–Crippen MR) is 283 cm³/mol. The number of aliphatic hydroxyl groups is 4. The van der Waals surface area contributed by atoms with Gasteiger partial charge >= 0.3 is 5.97 Å². The van der Waals surface area contributed by atoms with Crippen LogP contribution in [0.5, 0.6) is 0 Å². The number of rotatable bonds is 41. The second-order valence-corrected chi connectivity index (χ2v) is 16.5. The van der Waals surface area contributed by atoms with Gasteiger partial charge in [0, 0.05) is 13.0 Å². The minimum Gasteiger partial charge on any atom is -0.457 e. The van der Waals surface area contributed by atoms with Crippen molar-refractivity contribution in [2.45, 2.75) is 179 Å². The second-order valence-electron chi connectivity index (χ2n) is 16.5. The van der Waals surface area contributed by atoms with E-state index in [0.29, 0.717) is 13.0 Å². The van der Waals surface area contributed by atoms with Crippen LogP contribution in [0.2, 0.25) is 0 Å². The third-order valence-corrected chi connectivity index (χ3v) is 10.4. The number of hydrogen-bond acceptors (Lipinski definition) is 9. The first-order valence-electron chi connectivity index (χ1n) is 25.6. The molecule has 1 saturated heterocycles. The number of allylic oxidation sites excluding steroid dienone is 26. The molecule has 9 nitrogen and oxygen atoms in total. The van der Waals surface area contributed by atoms with E-state index in [2.05, 4.69) is 172 Å². The molecule has 0 aliphatic carbocycles. The number of esters is 1. The van der Waals surface area contributed by atoms with Gasteiger partial charge in [0.25, 0.3) is 0 Å². The number of hydrogen-bond donors (Lipinski definition) is 4. The van der Waals surface area contributed by atoms with Gasteiger partial charge in [0.1, 0.15) is 30.5 Å². The highest BCUT2D eigenvalue weighted by atomic mass is 16.7. The summed E-state index contributed by atoms with van der Waals surface area (Å²) in [5.74, 6) is -0.373. The fourth-order valence-electron chi connectivity index (χ4n) is 6.54. The van der Waals surface area contributed by atoms with E-state index in [4.69, 9.17) is 18.9 Å². The minimum atomic E-state index is -1.57. The summed E-state index contributed by atoms with van der Waals surface area (Å²) in [6.45, 7) is 4.09. The molecule has 1 aliphatic heterocycles. The van der Waals surface area contributed by atoms with E-state index in [-0.39, 0.29) is 25.6 Å². The van der Waals surface area contributed by atoms with E-state index >= 15 is 0 Å². The van der Waals surface area contributed by atoms with Gasteiger partial charge in [0.2, 0.25) is 0 Å². The molecular weight excluding hydrogens is 853 g/mol. The van der Waals surface area contributed by atoms with Crippen molar-refractivity contribution in [1.29, 1.82) is 0 Å². The predicted octanol–water partition coefficient (Wildman–Crippen LogP) is 12.8. The molecule has 6 atom stereocenters. The summed E-state index contributed by atoms with van der Waals surface area (Å²) in [5.41, 5.74) is 0. The average molecular weight is 943 g/mol. The maximum absolute atomic E-state index is 12.8. The highest BCUT2D eigenvalue weighted by molar-refractivity contribution is 5.69. The molecular formula is C59H90O9. The molecule has 0 amide bonds. The molecule has 380 valence electrons. The second kappa shape index (κ2) is 47.9. The van der Waals surface area contributed by atoms with E-state index in [1.165, 1.54) is 0 Å². The van der Waals surface area contributed by atoms with Crippen LogP contribution in [0.15, 0.2) is 158 Å². The highest BCUT2D eigenvalue weighted by Crippen LogP contribution is 2.22. The van der Waals surface area contributed by atoms with Crippen LogP contribution in [-0.2, 0) is 23.7 Å². The molecule has 0 aromatic carbocycles. The molecule has 1 rings (SSSR count). The Kier molecular flexibility index (Phi) is 43.5. The van der Waals surface area contributed by atoms with Gasteiger partial charge in [0.15, 0.2) is 6.29 Å². The van der Waals surface area contributed by atoms with Crippen molar-refractivity contribution < 1.29 is 44.2 Å². The standard InChI is InChI=1S/C59H90O9/c1-3-5-7-9-11-13-15-17-19-21-23-25-26-27-28-29-30-32-34-36-38-40-42-44-46-48-55(61)67-53(52-66-59-58(64)57(63)56(62)54(50-60)68-59)51-65-49-47-45-43-41-39-37-35-33-31-24-22-20-18-16-14-12-10-8-6-4-2/h5-8,11-14,17-20,23-25,27-28,30-32,35-38,41,43,53-54,56-60,62-64H,3-4,9-10,15-16,21-22,26,29,33-34,39-40,42,44-52H2,1-2H3/b7-5-,8-6-,13-11-,14-12-,19-17-,20-18-,25-23-,28-27-,31-24-,32-30-,37-35-,38-36-,43-41-. The van der Waals surface area contributed by atoms with Gasteiger partial charge in [-0.15, -0.1) is 0 Å². The topological polar surface area (TPSA) is 135 Å². The maximum atomic E-state index is 12.8. The van der Waals surface area contributed by atoms with E-state index in [1.807, 2.05) is 0 Å². The molecule has 0 bridgehead atoms. The summed E-state index contributed by atoms with van der Waals surface area (Å²) in [5, 5.41) is 40.2. The summed E-state index contributed by atoms with van der Waals surface area (Å²) in [6, 6.07) is 0. The van der Waals surface area contributed by atoms with Gasteiger partial charge in [-0.2, -0.15) is 0 Å². The molecule has 68 heavy (non-hydrogen) atoms. The van der Waals surface area contributed by atoms with Crippen molar-refractivity contribution in [2.24, 2.45) is 0 Å². The SMILES string of the molecule is CC/C=C\C/C=C\C/C=C\C/C=C\C/C=C\C/C=C\C/C=C\CCCCCC(=O)OC(COCCC/C=C\C/C=C\C/C=C\C/C=C\C/C=C\C/C=C\CC)COC1OC(CO)C(O)C(O)C1O. The molecule has 6 unspecified atom stereocenters. The third kappa shape index (κ3) is 37.8. The van der Waals surface area contributed by atoms with E-state index < -0.39 is 43.4 Å². The molecule has 0 radical (unpaired) electrons. The average Bonchev–Trinajstić information content (AvgIpc) is 3.34. The summed E-state index contributed by atoms with van der Waals surface area (Å²) < 4.78 is 22.8. The first kappa shape index (κ1) is 61.8. The summed E-state index contributed by atoms with van der Waals surface area (Å²) in [6.07, 6.45) is 67.1. The Balaban J connectivity index is 2.32. The quantitative estimate of drug-likeness (QED) is 0.0268. The molecule has 1 fully saturated rings. The molecule has 1 aliphatic rings. The van der Waals surface area contributed by atoms with Crippen LogP contribution >= 0.6 is 0 Å². The first-order valence-corrected chi connectivity index (χ1v) is 25.6. The molecule has 0 saturated carbocycles. The number of ether oxygens (including phenoxy) is 4. The zero-order valence-electron chi connectivity index (χ0n) is 41.8. The van der Waals surface area contributed by atoms with Crippen LogP contribution in [0.4, 0.5) is 0 Å². The molecule has 4 N–H and O–H groups in total. The maximum Gasteiger partial charge on any atom is 0.306 e. The van der Waals surface area contributed by atoms with Crippen molar-refractivity contribution in [3.63, 3.8) is 0 Å². The summed E-state index contributed by atoms with van der Waals surface area (Å²) >= 11 is 0. The van der Waals surface area contributed by atoms with Gasteiger partial charge < -0.3 is 39.4 Å². The van der Waals surface area contributed by atoms with E-state index in [9.17, 15) is 25.2 Å². The van der Waals surface area contributed by atoms with Crippen LogP contribution in [0.25, 0.3) is 0 Å². The Bertz CT molecular complexity index is 1590. The lowest BCUT2D eigenvalue weighted by Crippen LogP contribution is -2.59. The third-order valence-electron chi connectivity index (χ3n) is 10.4. The van der Waals surface area contributed by atoms with Crippen molar-refractivity contribution in [3.05, 3.63) is 158 Å². The molecule has 9 heteroatoms. The number of carbonyl (C=O) groups excluding carboxylic acids is 1. The van der Waals surface area contributed by atoms with Gasteiger partial charge in [-0.05, 0) is 116 Å². The summed E-state index contributed by atoms with van der Waals surface area (Å²) in [7, 11) is 0. The van der Waals surface area contributed by atoms with Crippen molar-refractivity contribution >= 4 is 5.97 Å². The monoisotopic (exact) mass is 943 g/mol. The number of aliphatic hydroxyl groups excluding tert-OH is 4. The fourth-order valence-corrected chi connectivity index (χ4v) is 6.54. The van der Waals surface area contributed by atoms with Gasteiger partial charge in [-0.3, -0.25) is 4.79 Å². The van der Waals surface area contributed by atoms with Gasteiger partial charge in [0.05, 0.1) is 19.8 Å². The lowest BCUT2D eigenvalue weighted by Gasteiger charge is -2.39. The molecule has 0 aromatic rings. The smallest absolute Gasteiger partial charge is 0.306 e. The first-order chi connectivity index (χ1) is 33.4. The van der Waals surface area contributed by atoms with Gasteiger partial charge in [-0.25, -0.2) is 0 Å². The Morgan fingerprint density at radius 3 is 1.25 bits per heavy atom. The Labute approximate surface area is 412 Å². The van der Waals surface area contributed by atoms with Gasteiger partial charge in [-0.1, -0.05) is 178 Å². The van der Waals surface area contributed by atoms with Crippen molar-refractivity contribution in [3.8, 4) is 0 Å². The van der Waals surface area contributed by atoms with E-state index in [1.54, 1.807) is 0 Å². The lowest BCUT2D eigenvalue weighted by molar-refractivity contribution is -0.305. The Hall–Kier alpha value is -4.19. The number of unbranched alkanes of at least 4 members (excludes halogenated alkanes) is 4. The van der Waals surface area contributed by atoms with Crippen LogP contribution < -0.4 is 0 Å². The van der Waals surface area contributed by atoms with Crippen molar-refractivity contribution in [2.75, 3.05) is 26.4 Å². The largest absolute Gasteiger partial charge is 0.457 e. The fraction of sp³-hybridized carbons (Fsp3) is 0.542.